The molecule has 0 aliphatic carbocycles. The minimum Gasteiger partial charge on any atom is -0.469 e. The van der Waals surface area contributed by atoms with Gasteiger partial charge in [-0.25, -0.2) is 0 Å². The van der Waals surface area contributed by atoms with Crippen molar-refractivity contribution < 1.29 is 23.9 Å². The van der Waals surface area contributed by atoms with Crippen molar-refractivity contribution in [3.63, 3.8) is 0 Å². The van der Waals surface area contributed by atoms with E-state index in [4.69, 9.17) is 9.47 Å². The summed E-state index contributed by atoms with van der Waals surface area (Å²) < 4.78 is 10.4. The zero-order valence-electron chi connectivity index (χ0n) is 17.7. The van der Waals surface area contributed by atoms with Gasteiger partial charge in [0, 0.05) is 32.1 Å². The summed E-state index contributed by atoms with van der Waals surface area (Å²) in [6.45, 7) is 6.69. The van der Waals surface area contributed by atoms with Gasteiger partial charge in [-0.05, 0) is 17.9 Å². The van der Waals surface area contributed by atoms with Crippen LogP contribution >= 0.6 is 0 Å². The van der Waals surface area contributed by atoms with E-state index < -0.39 is 5.92 Å². The van der Waals surface area contributed by atoms with E-state index in [1.165, 1.54) is 14.0 Å². The van der Waals surface area contributed by atoms with Crippen LogP contribution in [0.1, 0.15) is 39.2 Å². The van der Waals surface area contributed by atoms with Gasteiger partial charge in [-0.15, -0.1) is 0 Å². The summed E-state index contributed by atoms with van der Waals surface area (Å²) in [6.07, 6.45) is 0.685. The molecule has 0 saturated carbocycles. The van der Waals surface area contributed by atoms with E-state index in [0.29, 0.717) is 26.1 Å². The molecule has 2 rings (SSSR count). The highest BCUT2D eigenvalue weighted by Crippen LogP contribution is 2.34. The van der Waals surface area contributed by atoms with E-state index in [1.807, 2.05) is 44.2 Å². The molecule has 3 unspecified atom stereocenters. The molecule has 1 heterocycles. The van der Waals surface area contributed by atoms with Crippen LogP contribution in [0.4, 0.5) is 0 Å². The fourth-order valence-electron chi connectivity index (χ4n) is 3.75. The number of rotatable bonds is 9. The number of amides is 1. The van der Waals surface area contributed by atoms with Crippen molar-refractivity contribution in [2.45, 2.75) is 52.2 Å². The molecule has 0 bridgehead atoms. The van der Waals surface area contributed by atoms with Crippen molar-refractivity contribution in [2.75, 3.05) is 20.3 Å². The van der Waals surface area contributed by atoms with Gasteiger partial charge in [0.25, 0.3) is 0 Å². The zero-order chi connectivity index (χ0) is 21.4. The van der Waals surface area contributed by atoms with Gasteiger partial charge in [0.1, 0.15) is 0 Å². The number of carbonyl (C=O) groups excluding carboxylic acids is 3. The molecule has 1 fully saturated rings. The summed E-state index contributed by atoms with van der Waals surface area (Å²) in [5, 5.41) is 2.82. The molecule has 3 atom stereocenters. The van der Waals surface area contributed by atoms with Gasteiger partial charge < -0.3 is 14.8 Å². The quantitative estimate of drug-likeness (QED) is 0.635. The standard InChI is InChI=1S/C22H32N2O5/c1-15(2)14-29-21(26)11-18-10-19(22(27)28-4)20(12-23-16(3)25)24(18)13-17-8-6-5-7-9-17/h5-9,15,18-20H,10-14H2,1-4H3,(H,23,25). The number of ether oxygens (including phenoxy) is 2. The molecule has 1 aromatic carbocycles. The Morgan fingerprint density at radius 1 is 1.21 bits per heavy atom. The maximum absolute atomic E-state index is 12.4. The highest BCUT2D eigenvalue weighted by Gasteiger charge is 2.45. The summed E-state index contributed by atoms with van der Waals surface area (Å²) in [5.41, 5.74) is 1.08. The molecule has 0 aromatic heterocycles. The molecule has 1 aromatic rings. The first kappa shape index (κ1) is 22.9. The Bertz CT molecular complexity index is 692. The Labute approximate surface area is 172 Å². The van der Waals surface area contributed by atoms with E-state index >= 15 is 0 Å². The topological polar surface area (TPSA) is 84.9 Å². The second-order valence-electron chi connectivity index (χ2n) is 7.96. The second-order valence-corrected chi connectivity index (χ2v) is 7.96. The van der Waals surface area contributed by atoms with E-state index in [9.17, 15) is 14.4 Å². The molecule has 1 saturated heterocycles. The van der Waals surface area contributed by atoms with Crippen LogP contribution < -0.4 is 5.32 Å². The highest BCUT2D eigenvalue weighted by molar-refractivity contribution is 5.76. The predicted octanol–water partition coefficient (Wildman–Crippen LogP) is 2.14. The molecule has 7 nitrogen and oxygen atoms in total. The molecule has 1 aliphatic heterocycles. The minimum absolute atomic E-state index is 0.159. The van der Waals surface area contributed by atoms with Crippen molar-refractivity contribution in [2.24, 2.45) is 11.8 Å². The molecule has 1 amide bonds. The van der Waals surface area contributed by atoms with Gasteiger partial charge >= 0.3 is 11.9 Å². The molecular formula is C22H32N2O5. The van der Waals surface area contributed by atoms with Crippen molar-refractivity contribution in [1.29, 1.82) is 0 Å². The lowest BCUT2D eigenvalue weighted by Gasteiger charge is -2.31. The Kier molecular flexibility index (Phi) is 8.64. The molecule has 29 heavy (non-hydrogen) atoms. The predicted molar refractivity (Wildman–Crippen MR) is 109 cm³/mol. The van der Waals surface area contributed by atoms with Crippen LogP contribution in [0.5, 0.6) is 0 Å². The summed E-state index contributed by atoms with van der Waals surface area (Å²) in [4.78, 5) is 38.4. The number of hydrogen-bond donors (Lipinski definition) is 1. The van der Waals surface area contributed by atoms with Crippen molar-refractivity contribution in [1.82, 2.24) is 10.2 Å². The number of hydrogen-bond acceptors (Lipinski definition) is 6. The number of likely N-dealkylation sites (tertiary alicyclic amines) is 1. The average Bonchev–Trinajstić information content (AvgIpc) is 3.02. The Morgan fingerprint density at radius 3 is 2.48 bits per heavy atom. The van der Waals surface area contributed by atoms with Gasteiger partial charge in [-0.1, -0.05) is 44.2 Å². The third-order valence-corrected chi connectivity index (χ3v) is 5.14. The maximum atomic E-state index is 12.4. The molecule has 1 N–H and O–H groups in total. The van der Waals surface area contributed by atoms with E-state index in [0.717, 1.165) is 5.56 Å². The van der Waals surface area contributed by atoms with Crippen LogP contribution in [0, 0.1) is 11.8 Å². The average molecular weight is 405 g/mol. The normalized spacial score (nSPS) is 21.8. The number of nitrogens with one attached hydrogen (secondary N) is 1. The summed E-state index contributed by atoms with van der Waals surface area (Å²) >= 11 is 0. The second kappa shape index (κ2) is 11.0. The Balaban J connectivity index is 2.23. The lowest BCUT2D eigenvalue weighted by molar-refractivity contribution is -0.147. The van der Waals surface area contributed by atoms with Gasteiger partial charge in [-0.2, -0.15) is 0 Å². The Hall–Kier alpha value is -2.41. The molecule has 7 heteroatoms. The highest BCUT2D eigenvalue weighted by atomic mass is 16.5. The van der Waals surface area contributed by atoms with Crippen molar-refractivity contribution in [3.8, 4) is 0 Å². The number of esters is 2. The van der Waals surface area contributed by atoms with Gasteiger partial charge in [-0.3, -0.25) is 19.3 Å². The number of benzene rings is 1. The smallest absolute Gasteiger partial charge is 0.310 e. The number of nitrogens with zero attached hydrogens (tertiary/aromatic N) is 1. The Morgan fingerprint density at radius 2 is 1.90 bits per heavy atom. The monoisotopic (exact) mass is 404 g/mol. The fraction of sp³-hybridized carbons (Fsp3) is 0.591. The van der Waals surface area contributed by atoms with E-state index in [-0.39, 0.29) is 42.3 Å². The fourth-order valence-corrected chi connectivity index (χ4v) is 3.75. The lowest BCUT2D eigenvalue weighted by atomic mass is 9.98. The van der Waals surface area contributed by atoms with Gasteiger partial charge in [0.05, 0.1) is 26.1 Å². The molecule has 0 radical (unpaired) electrons. The van der Waals surface area contributed by atoms with Crippen LogP contribution in [0.25, 0.3) is 0 Å². The van der Waals surface area contributed by atoms with Gasteiger partial charge in [0.2, 0.25) is 5.91 Å². The van der Waals surface area contributed by atoms with Crippen LogP contribution in [-0.4, -0.2) is 55.1 Å². The summed E-state index contributed by atoms with van der Waals surface area (Å²) in [6, 6.07) is 9.45. The number of carbonyl (C=O) groups is 3. The maximum Gasteiger partial charge on any atom is 0.310 e. The van der Waals surface area contributed by atoms with E-state index in [2.05, 4.69) is 10.2 Å². The summed E-state index contributed by atoms with van der Waals surface area (Å²) in [5.74, 6) is -0.910. The first-order valence-corrected chi connectivity index (χ1v) is 10.1. The first-order valence-electron chi connectivity index (χ1n) is 10.1. The zero-order valence-corrected chi connectivity index (χ0v) is 17.7. The van der Waals surface area contributed by atoms with Crippen LogP contribution in [0.15, 0.2) is 30.3 Å². The largest absolute Gasteiger partial charge is 0.469 e. The first-order chi connectivity index (χ1) is 13.8. The van der Waals surface area contributed by atoms with Crippen LogP contribution in [-0.2, 0) is 30.4 Å². The van der Waals surface area contributed by atoms with Gasteiger partial charge in [0.15, 0.2) is 0 Å². The lowest BCUT2D eigenvalue weighted by Crippen LogP contribution is -2.46. The summed E-state index contributed by atoms with van der Waals surface area (Å²) in [7, 11) is 1.36. The molecule has 160 valence electrons. The number of methoxy groups -OCH3 is 1. The van der Waals surface area contributed by atoms with Crippen molar-refractivity contribution >= 4 is 17.8 Å². The molecular weight excluding hydrogens is 372 g/mol. The third-order valence-electron chi connectivity index (χ3n) is 5.14. The molecule has 1 aliphatic rings. The van der Waals surface area contributed by atoms with E-state index in [1.54, 1.807) is 0 Å². The van der Waals surface area contributed by atoms with Crippen molar-refractivity contribution in [3.05, 3.63) is 35.9 Å². The van der Waals surface area contributed by atoms with Crippen LogP contribution in [0.3, 0.4) is 0 Å². The van der Waals surface area contributed by atoms with Crippen LogP contribution in [0.2, 0.25) is 0 Å². The SMILES string of the molecule is COC(=O)C1CC(CC(=O)OCC(C)C)N(Cc2ccccc2)C1CNC(C)=O. The third kappa shape index (κ3) is 6.85. The molecule has 0 spiro atoms. The minimum atomic E-state index is -0.418.